The van der Waals surface area contributed by atoms with Gasteiger partial charge in [0.05, 0.1) is 32.0 Å². The second-order valence-electron chi connectivity index (χ2n) is 18.3. The summed E-state index contributed by atoms with van der Waals surface area (Å²) in [6.45, 7) is 2.78. The molecular formula is C49H93NO13. The van der Waals surface area contributed by atoms with Crippen molar-refractivity contribution in [2.75, 3.05) is 19.8 Å². The molecule has 2 saturated heterocycles. The maximum Gasteiger partial charge on any atom is 0.220 e. The van der Waals surface area contributed by atoms with Crippen LogP contribution in [0.3, 0.4) is 0 Å². The van der Waals surface area contributed by atoms with Crippen molar-refractivity contribution in [3.05, 3.63) is 12.2 Å². The van der Waals surface area contributed by atoms with Crippen molar-refractivity contribution in [2.45, 2.75) is 274 Å². The number of nitrogens with one attached hydrogen (secondary N) is 1. The van der Waals surface area contributed by atoms with Gasteiger partial charge in [-0.25, -0.2) is 0 Å². The lowest BCUT2D eigenvalue weighted by Crippen LogP contribution is -2.65. The lowest BCUT2D eigenvalue weighted by Gasteiger charge is -2.46. The van der Waals surface area contributed by atoms with Gasteiger partial charge in [-0.1, -0.05) is 187 Å². The van der Waals surface area contributed by atoms with E-state index in [2.05, 4.69) is 19.2 Å². The molecule has 14 nitrogen and oxygen atoms in total. The standard InChI is InChI=1S/C49H93NO13/c1-3-5-7-9-11-13-15-16-17-18-19-20-21-23-25-27-29-31-33-41(54)50-37(38(53)32-30-28-26-24-22-14-12-10-8-6-4-2)36-60-48-46(59)44(57)47(40(35-52)62-48)63-49-45(58)43(56)42(55)39(34-51)61-49/h30,32,37-40,42-49,51-53,55-59H,3-29,31,33-36H2,1-2H3,(H,50,54)/b32-30+/t37-,38+,39+,40+,42-,43?,44?,45?,46?,47+,48+,49-/m0/s1. The van der Waals surface area contributed by atoms with Crippen LogP contribution in [0.1, 0.15) is 200 Å². The van der Waals surface area contributed by atoms with Gasteiger partial charge in [0.2, 0.25) is 5.91 Å². The van der Waals surface area contributed by atoms with Gasteiger partial charge < -0.3 is 65.1 Å². The minimum absolute atomic E-state index is 0.238. The molecule has 2 heterocycles. The fourth-order valence-corrected chi connectivity index (χ4v) is 8.53. The molecule has 2 aliphatic rings. The number of aliphatic hydroxyl groups is 8. The summed E-state index contributed by atoms with van der Waals surface area (Å²) in [6, 6.07) is -0.906. The first-order chi connectivity index (χ1) is 30.6. The molecule has 0 aromatic rings. The number of hydrogen-bond donors (Lipinski definition) is 9. The van der Waals surface area contributed by atoms with Gasteiger partial charge in [0, 0.05) is 6.42 Å². The average Bonchev–Trinajstić information content (AvgIpc) is 3.28. The van der Waals surface area contributed by atoms with Crippen LogP contribution in [0, 0.1) is 0 Å². The van der Waals surface area contributed by atoms with Gasteiger partial charge in [0.1, 0.15) is 48.8 Å². The first-order valence-electron chi connectivity index (χ1n) is 25.4. The molecule has 372 valence electrons. The molecular weight excluding hydrogens is 811 g/mol. The predicted molar refractivity (Wildman–Crippen MR) is 245 cm³/mol. The maximum absolute atomic E-state index is 13.1. The Kier molecular flexibility index (Phi) is 33.8. The quantitative estimate of drug-likeness (QED) is 0.0241. The summed E-state index contributed by atoms with van der Waals surface area (Å²) in [6.07, 6.45) is 21.1. The van der Waals surface area contributed by atoms with E-state index in [-0.39, 0.29) is 18.9 Å². The van der Waals surface area contributed by atoms with Crippen LogP contribution in [-0.2, 0) is 23.7 Å². The number of rotatable bonds is 39. The van der Waals surface area contributed by atoms with Crippen molar-refractivity contribution in [1.29, 1.82) is 0 Å². The third-order valence-electron chi connectivity index (χ3n) is 12.7. The molecule has 2 aliphatic heterocycles. The molecule has 0 saturated carbocycles. The third kappa shape index (κ3) is 24.4. The summed E-state index contributed by atoms with van der Waals surface area (Å²) in [7, 11) is 0. The Labute approximate surface area is 380 Å². The van der Waals surface area contributed by atoms with Crippen LogP contribution >= 0.6 is 0 Å². The van der Waals surface area contributed by atoms with Crippen LogP contribution < -0.4 is 5.32 Å². The Hall–Kier alpha value is -1.27. The number of amides is 1. The number of allylic oxidation sites excluding steroid dienone is 1. The van der Waals surface area contributed by atoms with Crippen LogP contribution in [-0.4, -0.2) is 140 Å². The third-order valence-corrected chi connectivity index (χ3v) is 12.7. The molecule has 2 rings (SSSR count). The van der Waals surface area contributed by atoms with E-state index in [1.807, 2.05) is 6.08 Å². The molecule has 1 amide bonds. The van der Waals surface area contributed by atoms with E-state index in [4.69, 9.17) is 18.9 Å². The van der Waals surface area contributed by atoms with Gasteiger partial charge in [0.15, 0.2) is 12.6 Å². The summed E-state index contributed by atoms with van der Waals surface area (Å²) < 4.78 is 22.7. The van der Waals surface area contributed by atoms with Crippen LogP contribution in [0.25, 0.3) is 0 Å². The van der Waals surface area contributed by atoms with Crippen LogP contribution in [0.2, 0.25) is 0 Å². The molecule has 12 atom stereocenters. The Morgan fingerprint density at radius 1 is 0.556 bits per heavy atom. The molecule has 0 radical (unpaired) electrons. The van der Waals surface area contributed by atoms with Crippen LogP contribution in [0.5, 0.6) is 0 Å². The minimum atomic E-state index is -1.78. The number of carbonyl (C=O) groups excluding carboxylic acids is 1. The first kappa shape index (κ1) is 57.9. The number of carbonyl (C=O) groups is 1. The van der Waals surface area contributed by atoms with Crippen molar-refractivity contribution in [1.82, 2.24) is 5.32 Å². The molecule has 0 spiro atoms. The topological polar surface area (TPSA) is 228 Å². The van der Waals surface area contributed by atoms with E-state index in [1.165, 1.54) is 135 Å². The number of unbranched alkanes of at least 4 members (excludes halogenated alkanes) is 26. The largest absolute Gasteiger partial charge is 0.394 e. The zero-order valence-electron chi connectivity index (χ0n) is 39.3. The molecule has 9 N–H and O–H groups in total. The Balaban J connectivity index is 1.82. The van der Waals surface area contributed by atoms with E-state index < -0.39 is 86.8 Å². The molecule has 4 unspecified atom stereocenters. The van der Waals surface area contributed by atoms with Gasteiger partial charge >= 0.3 is 0 Å². The number of aliphatic hydroxyl groups excluding tert-OH is 8. The monoisotopic (exact) mass is 904 g/mol. The van der Waals surface area contributed by atoms with E-state index in [1.54, 1.807) is 6.08 Å². The zero-order valence-corrected chi connectivity index (χ0v) is 39.3. The van der Waals surface area contributed by atoms with Crippen molar-refractivity contribution < 1.29 is 64.6 Å². The molecule has 0 bridgehead atoms. The average molecular weight is 904 g/mol. The Morgan fingerprint density at radius 3 is 1.46 bits per heavy atom. The highest BCUT2D eigenvalue weighted by molar-refractivity contribution is 5.76. The zero-order chi connectivity index (χ0) is 46.1. The molecule has 0 aliphatic carbocycles. The van der Waals surface area contributed by atoms with Gasteiger partial charge in [0.25, 0.3) is 0 Å². The molecule has 2 fully saturated rings. The van der Waals surface area contributed by atoms with E-state index in [0.717, 1.165) is 38.5 Å². The van der Waals surface area contributed by atoms with Crippen molar-refractivity contribution in [3.63, 3.8) is 0 Å². The van der Waals surface area contributed by atoms with E-state index in [9.17, 15) is 45.6 Å². The number of ether oxygens (including phenoxy) is 4. The highest BCUT2D eigenvalue weighted by atomic mass is 16.7. The van der Waals surface area contributed by atoms with Crippen molar-refractivity contribution >= 4 is 5.91 Å². The van der Waals surface area contributed by atoms with Crippen molar-refractivity contribution in [2.24, 2.45) is 0 Å². The second kappa shape index (κ2) is 36.8. The molecule has 14 heteroatoms. The SMILES string of the molecule is CCCCCCCCCCC/C=C/[C@@H](O)[C@H](CO[C@@H]1O[C@H](CO)[C@@H](O[C@@H]2O[C@H](CO)[C@H](O)C(O)C2O)C(O)C1O)NC(=O)CCCCCCCCCCCCCCCCCCCC. The molecule has 63 heavy (non-hydrogen) atoms. The highest BCUT2D eigenvalue weighted by Crippen LogP contribution is 2.30. The summed E-state index contributed by atoms with van der Waals surface area (Å²) >= 11 is 0. The summed E-state index contributed by atoms with van der Waals surface area (Å²) in [5.41, 5.74) is 0. The molecule has 0 aromatic heterocycles. The summed E-state index contributed by atoms with van der Waals surface area (Å²) in [4.78, 5) is 13.1. The van der Waals surface area contributed by atoms with Gasteiger partial charge in [-0.05, 0) is 19.3 Å². The lowest BCUT2D eigenvalue weighted by molar-refractivity contribution is -0.359. The van der Waals surface area contributed by atoms with E-state index in [0.29, 0.717) is 6.42 Å². The lowest BCUT2D eigenvalue weighted by atomic mass is 9.97. The van der Waals surface area contributed by atoms with Crippen molar-refractivity contribution in [3.8, 4) is 0 Å². The van der Waals surface area contributed by atoms with Crippen LogP contribution in [0.15, 0.2) is 12.2 Å². The Morgan fingerprint density at radius 2 is 0.984 bits per heavy atom. The highest BCUT2D eigenvalue weighted by Gasteiger charge is 2.51. The summed E-state index contributed by atoms with van der Waals surface area (Å²) in [5, 5.41) is 86.6. The van der Waals surface area contributed by atoms with Gasteiger partial charge in [-0.15, -0.1) is 0 Å². The van der Waals surface area contributed by atoms with Gasteiger partial charge in [-0.3, -0.25) is 4.79 Å². The fourth-order valence-electron chi connectivity index (χ4n) is 8.53. The Bertz CT molecular complexity index is 1120. The fraction of sp³-hybridized carbons (Fsp3) is 0.939. The first-order valence-corrected chi connectivity index (χ1v) is 25.4. The van der Waals surface area contributed by atoms with Crippen LogP contribution in [0.4, 0.5) is 0 Å². The minimum Gasteiger partial charge on any atom is -0.394 e. The number of hydrogen-bond acceptors (Lipinski definition) is 13. The second-order valence-corrected chi connectivity index (χ2v) is 18.3. The normalized spacial score (nSPS) is 27.5. The van der Waals surface area contributed by atoms with E-state index >= 15 is 0 Å². The molecule has 0 aromatic carbocycles. The summed E-state index contributed by atoms with van der Waals surface area (Å²) in [5.74, 6) is -0.238. The predicted octanol–water partition coefficient (Wildman–Crippen LogP) is 6.38. The maximum atomic E-state index is 13.1. The van der Waals surface area contributed by atoms with Gasteiger partial charge in [-0.2, -0.15) is 0 Å². The smallest absolute Gasteiger partial charge is 0.220 e.